The second-order valence-corrected chi connectivity index (χ2v) is 6.11. The molecule has 0 aliphatic carbocycles. The number of nitrogens with zero attached hydrogens (tertiary/aromatic N) is 2. The fraction of sp³-hybridized carbons (Fsp3) is 0.222. The Kier molecular flexibility index (Phi) is 4.93. The van der Waals surface area contributed by atoms with Gasteiger partial charge in [-0.15, -0.1) is 0 Å². The molecule has 5 nitrogen and oxygen atoms in total. The van der Waals surface area contributed by atoms with E-state index >= 15 is 0 Å². The number of carbonyl (C=O) groups excluding carboxylic acids is 1. The van der Waals surface area contributed by atoms with Crippen LogP contribution in [0.15, 0.2) is 36.4 Å². The van der Waals surface area contributed by atoms with Gasteiger partial charge in [-0.3, -0.25) is 4.79 Å². The SMILES string of the molecule is COc1c2ccc(C(=O)Nc3cc(C(F)(F)F)cc(C(F)(F)F)c3)cc2nn1C. The Labute approximate surface area is 159 Å². The minimum absolute atomic E-state index is 0.00391. The number of hydrogen-bond donors (Lipinski definition) is 1. The molecule has 29 heavy (non-hydrogen) atoms. The van der Waals surface area contributed by atoms with E-state index in [0.29, 0.717) is 28.9 Å². The summed E-state index contributed by atoms with van der Waals surface area (Å²) in [6.07, 6.45) is -10.0. The Morgan fingerprint density at radius 2 is 1.59 bits per heavy atom. The Morgan fingerprint density at radius 3 is 2.10 bits per heavy atom. The number of ether oxygens (including phenoxy) is 1. The molecule has 3 aromatic rings. The van der Waals surface area contributed by atoms with Crippen LogP contribution in [0, 0.1) is 0 Å². The highest BCUT2D eigenvalue weighted by Crippen LogP contribution is 2.37. The van der Waals surface area contributed by atoms with Gasteiger partial charge >= 0.3 is 12.4 Å². The number of aromatic nitrogens is 2. The normalized spacial score (nSPS) is 12.3. The minimum atomic E-state index is -5.01. The van der Waals surface area contributed by atoms with Crippen LogP contribution in [0.5, 0.6) is 5.88 Å². The lowest BCUT2D eigenvalue weighted by Crippen LogP contribution is -2.15. The molecule has 11 heteroatoms. The number of hydrogen-bond acceptors (Lipinski definition) is 3. The molecule has 1 amide bonds. The lowest BCUT2D eigenvalue weighted by molar-refractivity contribution is -0.143. The van der Waals surface area contributed by atoms with Crippen molar-refractivity contribution in [1.29, 1.82) is 0 Å². The van der Waals surface area contributed by atoms with Gasteiger partial charge in [-0.2, -0.15) is 31.4 Å². The molecule has 0 radical (unpaired) electrons. The lowest BCUT2D eigenvalue weighted by atomic mass is 10.1. The fourth-order valence-corrected chi connectivity index (χ4v) is 2.79. The first-order chi connectivity index (χ1) is 13.4. The molecule has 1 N–H and O–H groups in total. The third-order valence-electron chi connectivity index (χ3n) is 4.08. The lowest BCUT2D eigenvalue weighted by Gasteiger charge is -2.14. The maximum atomic E-state index is 12.9. The summed E-state index contributed by atoms with van der Waals surface area (Å²) < 4.78 is 84.2. The molecular weight excluding hydrogens is 404 g/mol. The molecule has 0 atom stereocenters. The molecule has 0 aliphatic heterocycles. The molecule has 0 bridgehead atoms. The zero-order chi connectivity index (χ0) is 21.6. The molecule has 0 aliphatic rings. The predicted molar refractivity (Wildman–Crippen MR) is 91.7 cm³/mol. The second kappa shape index (κ2) is 6.98. The third-order valence-corrected chi connectivity index (χ3v) is 4.08. The molecule has 0 fully saturated rings. The van der Waals surface area contributed by atoms with E-state index in [0.717, 1.165) is 0 Å². The molecule has 154 valence electrons. The van der Waals surface area contributed by atoms with E-state index in [1.165, 1.54) is 30.0 Å². The molecule has 2 aromatic carbocycles. The van der Waals surface area contributed by atoms with Crippen LogP contribution in [-0.2, 0) is 19.4 Å². The number of rotatable bonds is 3. The summed E-state index contributed by atoms with van der Waals surface area (Å²) in [6.45, 7) is 0. The largest absolute Gasteiger partial charge is 0.481 e. The number of carbonyl (C=O) groups is 1. The van der Waals surface area contributed by atoms with E-state index in [-0.39, 0.29) is 11.6 Å². The van der Waals surface area contributed by atoms with Crippen molar-refractivity contribution in [2.24, 2.45) is 7.05 Å². The van der Waals surface area contributed by atoms with Crippen molar-refractivity contribution >= 4 is 22.5 Å². The zero-order valence-electron chi connectivity index (χ0n) is 14.9. The molecular formula is C18H13F6N3O2. The highest BCUT2D eigenvalue weighted by Gasteiger charge is 2.37. The van der Waals surface area contributed by atoms with Crippen molar-refractivity contribution < 1.29 is 35.9 Å². The quantitative estimate of drug-likeness (QED) is 0.619. The summed E-state index contributed by atoms with van der Waals surface area (Å²) in [5, 5.41) is 6.81. The standard InChI is InChI=1S/C18H13F6N3O2/c1-27-16(29-2)13-4-3-9(5-14(13)26-27)15(28)25-12-7-10(17(19,20)21)6-11(8-12)18(22,23)24/h3-8H,1-2H3,(H,25,28). The topological polar surface area (TPSA) is 56.1 Å². The molecule has 1 heterocycles. The second-order valence-electron chi connectivity index (χ2n) is 6.11. The first-order valence-electron chi connectivity index (χ1n) is 8.01. The summed E-state index contributed by atoms with van der Waals surface area (Å²) in [7, 11) is 3.04. The Morgan fingerprint density at radius 1 is 1.00 bits per heavy atom. The molecule has 0 spiro atoms. The summed E-state index contributed by atoms with van der Waals surface area (Å²) >= 11 is 0. The Balaban J connectivity index is 1.97. The average Bonchev–Trinajstić information content (AvgIpc) is 2.93. The third kappa shape index (κ3) is 4.13. The van der Waals surface area contributed by atoms with Crippen LogP contribution in [0.2, 0.25) is 0 Å². The van der Waals surface area contributed by atoms with E-state index in [1.54, 1.807) is 7.05 Å². The number of anilines is 1. The van der Waals surface area contributed by atoms with Crippen LogP contribution in [0.4, 0.5) is 32.0 Å². The summed E-state index contributed by atoms with van der Waals surface area (Å²) in [4.78, 5) is 12.4. The van der Waals surface area contributed by atoms with Gasteiger partial charge in [0.15, 0.2) is 0 Å². The average molecular weight is 417 g/mol. The van der Waals surface area contributed by atoms with E-state index in [1.807, 2.05) is 0 Å². The number of alkyl halides is 6. The number of methoxy groups -OCH3 is 1. The van der Waals surface area contributed by atoms with Crippen LogP contribution in [-0.4, -0.2) is 22.8 Å². The number of benzene rings is 2. The predicted octanol–water partition coefficient (Wildman–Crippen LogP) is 4.87. The summed E-state index contributed by atoms with van der Waals surface area (Å²) in [5.74, 6) is -0.455. The monoisotopic (exact) mass is 417 g/mol. The maximum Gasteiger partial charge on any atom is 0.416 e. The van der Waals surface area contributed by atoms with Crippen LogP contribution in [0.3, 0.4) is 0 Å². The van der Waals surface area contributed by atoms with Gasteiger partial charge in [-0.05, 0) is 36.4 Å². The molecule has 0 saturated carbocycles. The first-order valence-corrected chi connectivity index (χ1v) is 8.01. The number of nitrogens with one attached hydrogen (secondary N) is 1. The number of halogens is 6. The van der Waals surface area contributed by atoms with Crippen molar-refractivity contribution in [3.63, 3.8) is 0 Å². The molecule has 3 rings (SSSR count). The molecule has 0 saturated heterocycles. The van der Waals surface area contributed by atoms with Gasteiger partial charge < -0.3 is 10.1 Å². The molecule has 0 unspecified atom stereocenters. The van der Waals surface area contributed by atoms with Gasteiger partial charge in [0.1, 0.15) is 0 Å². The van der Waals surface area contributed by atoms with Crippen molar-refractivity contribution in [2.75, 3.05) is 12.4 Å². The zero-order valence-corrected chi connectivity index (χ0v) is 14.9. The van der Waals surface area contributed by atoms with E-state index < -0.39 is 35.1 Å². The van der Waals surface area contributed by atoms with Crippen LogP contribution < -0.4 is 10.1 Å². The van der Waals surface area contributed by atoms with Gasteiger partial charge in [0.25, 0.3) is 5.91 Å². The van der Waals surface area contributed by atoms with Crippen LogP contribution >= 0.6 is 0 Å². The van der Waals surface area contributed by atoms with Crippen molar-refractivity contribution in [2.45, 2.75) is 12.4 Å². The summed E-state index contributed by atoms with van der Waals surface area (Å²) in [5.41, 5.74) is -3.29. The highest BCUT2D eigenvalue weighted by molar-refractivity contribution is 6.06. The van der Waals surface area contributed by atoms with Crippen LogP contribution in [0.25, 0.3) is 10.9 Å². The van der Waals surface area contributed by atoms with Crippen molar-refractivity contribution in [3.05, 3.63) is 53.1 Å². The van der Waals surface area contributed by atoms with E-state index in [4.69, 9.17) is 4.74 Å². The van der Waals surface area contributed by atoms with Gasteiger partial charge in [0.2, 0.25) is 5.88 Å². The Bertz CT molecular complexity index is 1050. The minimum Gasteiger partial charge on any atom is -0.481 e. The Hall–Kier alpha value is -3.24. The number of aryl methyl sites for hydroxylation is 1. The number of fused-ring (bicyclic) bond motifs is 1. The smallest absolute Gasteiger partial charge is 0.416 e. The van der Waals surface area contributed by atoms with Gasteiger partial charge in [-0.1, -0.05) is 0 Å². The summed E-state index contributed by atoms with van der Waals surface area (Å²) in [6, 6.07) is 5.10. The van der Waals surface area contributed by atoms with Gasteiger partial charge in [-0.25, -0.2) is 4.68 Å². The van der Waals surface area contributed by atoms with Crippen LogP contribution in [0.1, 0.15) is 21.5 Å². The first kappa shape index (κ1) is 20.5. The van der Waals surface area contributed by atoms with Gasteiger partial charge in [0.05, 0.1) is 29.1 Å². The van der Waals surface area contributed by atoms with E-state index in [9.17, 15) is 31.1 Å². The fourth-order valence-electron chi connectivity index (χ4n) is 2.79. The van der Waals surface area contributed by atoms with Crippen molar-refractivity contribution in [1.82, 2.24) is 9.78 Å². The number of amides is 1. The van der Waals surface area contributed by atoms with Crippen molar-refractivity contribution in [3.8, 4) is 5.88 Å². The van der Waals surface area contributed by atoms with Gasteiger partial charge in [0, 0.05) is 18.3 Å². The maximum absolute atomic E-state index is 12.9. The highest BCUT2D eigenvalue weighted by atomic mass is 19.4. The van der Waals surface area contributed by atoms with E-state index in [2.05, 4.69) is 10.4 Å². The molecule has 1 aromatic heterocycles.